The Bertz CT molecular complexity index is 1150. The van der Waals surface area contributed by atoms with Gasteiger partial charge in [-0.1, -0.05) is 26.8 Å². The van der Waals surface area contributed by atoms with Crippen LogP contribution in [0.1, 0.15) is 37.7 Å². The maximum atomic E-state index is 12.4. The third-order valence-corrected chi connectivity index (χ3v) is 6.79. The molecular formula is C22H32ClN5O6S. The summed E-state index contributed by atoms with van der Waals surface area (Å²) < 4.78 is 30.3. The van der Waals surface area contributed by atoms with Gasteiger partial charge in [0, 0.05) is 24.0 Å². The lowest BCUT2D eigenvalue weighted by atomic mass is 10.1. The number of aromatic amines is 1. The van der Waals surface area contributed by atoms with Crippen LogP contribution in [0.3, 0.4) is 0 Å². The molecule has 2 heterocycles. The Labute approximate surface area is 209 Å². The second-order valence-electron chi connectivity index (χ2n) is 8.58. The Morgan fingerprint density at radius 3 is 2.54 bits per heavy atom. The highest BCUT2D eigenvalue weighted by Crippen LogP contribution is 2.25. The number of methoxy groups -OCH3 is 1. The molecule has 194 valence electrons. The number of halogens is 1. The fourth-order valence-electron chi connectivity index (χ4n) is 3.17. The van der Waals surface area contributed by atoms with E-state index in [2.05, 4.69) is 41.8 Å². The van der Waals surface area contributed by atoms with Gasteiger partial charge in [0.25, 0.3) is 11.8 Å². The topological polar surface area (TPSA) is 150 Å². The zero-order valence-corrected chi connectivity index (χ0v) is 21.8. The Morgan fingerprint density at radius 2 is 1.97 bits per heavy atom. The quantitative estimate of drug-likeness (QED) is 0.286. The average Bonchev–Trinajstić information content (AvgIpc) is 3.42. The van der Waals surface area contributed by atoms with E-state index in [1.54, 1.807) is 24.3 Å². The van der Waals surface area contributed by atoms with E-state index in [1.807, 2.05) is 0 Å². The second kappa shape index (κ2) is 12.8. The number of rotatable bonds is 9. The van der Waals surface area contributed by atoms with Crippen LogP contribution in [0.2, 0.25) is 0 Å². The predicted molar refractivity (Wildman–Crippen MR) is 133 cm³/mol. The lowest BCUT2D eigenvalue weighted by molar-refractivity contribution is -0.126. The predicted octanol–water partition coefficient (Wildman–Crippen LogP) is 1.56. The molecule has 0 unspecified atom stereocenters. The van der Waals surface area contributed by atoms with E-state index >= 15 is 0 Å². The number of hydrogen-bond acceptors (Lipinski definition) is 6. The maximum Gasteiger partial charge on any atom is 0.268 e. The number of carbonyl (C=O) groups is 3. The van der Waals surface area contributed by atoms with Crippen LogP contribution in [0.15, 0.2) is 24.3 Å². The summed E-state index contributed by atoms with van der Waals surface area (Å²) in [6.07, 6.45) is 0.434. The number of alkyl halides is 1. The van der Waals surface area contributed by atoms with E-state index in [0.29, 0.717) is 34.0 Å². The highest BCUT2D eigenvalue weighted by molar-refractivity contribution is 7.90. The Balaban J connectivity index is 0.00000100. The minimum Gasteiger partial charge on any atom is -0.496 e. The summed E-state index contributed by atoms with van der Waals surface area (Å²) in [4.78, 5) is 39.4. The smallest absolute Gasteiger partial charge is 0.268 e. The van der Waals surface area contributed by atoms with Crippen molar-refractivity contribution >= 4 is 50.2 Å². The van der Waals surface area contributed by atoms with E-state index in [9.17, 15) is 22.8 Å². The van der Waals surface area contributed by atoms with Crippen molar-refractivity contribution in [1.29, 1.82) is 0 Å². The first kappa shape index (κ1) is 28.4. The summed E-state index contributed by atoms with van der Waals surface area (Å²) in [5.74, 6) is -0.825. The second-order valence-corrected chi connectivity index (χ2v) is 11.1. The minimum absolute atomic E-state index is 0.208. The van der Waals surface area contributed by atoms with Gasteiger partial charge < -0.3 is 20.4 Å². The number of ether oxygens (including phenoxy) is 1. The van der Waals surface area contributed by atoms with Crippen molar-refractivity contribution in [3.63, 3.8) is 0 Å². The van der Waals surface area contributed by atoms with Gasteiger partial charge in [-0.15, -0.1) is 16.0 Å². The van der Waals surface area contributed by atoms with Gasteiger partial charge in [0.05, 0.1) is 19.6 Å². The van der Waals surface area contributed by atoms with Crippen molar-refractivity contribution < 1.29 is 27.5 Å². The van der Waals surface area contributed by atoms with Gasteiger partial charge in [0.2, 0.25) is 15.9 Å². The van der Waals surface area contributed by atoms with Gasteiger partial charge in [-0.2, -0.15) is 0 Å². The number of carbonyl (C=O) groups excluding carboxylic acids is 3. The van der Waals surface area contributed by atoms with Gasteiger partial charge >= 0.3 is 0 Å². The fourth-order valence-corrected chi connectivity index (χ4v) is 4.29. The zero-order chi connectivity index (χ0) is 26.2. The Hall–Kier alpha value is -2.83. The lowest BCUT2D eigenvalue weighted by Gasteiger charge is -2.23. The van der Waals surface area contributed by atoms with Crippen LogP contribution in [0, 0.1) is 11.8 Å². The number of H-pyrrole nitrogens is 1. The molecule has 1 aliphatic heterocycles. The third kappa shape index (κ3) is 8.11. The number of hydrogen-bond donors (Lipinski definition) is 4. The van der Waals surface area contributed by atoms with E-state index in [4.69, 9.17) is 16.3 Å². The van der Waals surface area contributed by atoms with E-state index < -0.39 is 39.5 Å². The van der Waals surface area contributed by atoms with Crippen LogP contribution >= 0.6 is 11.6 Å². The number of benzene rings is 1. The molecule has 1 aliphatic rings. The molecule has 0 radical (unpaired) electrons. The molecule has 0 aliphatic carbocycles. The first-order valence-corrected chi connectivity index (χ1v) is 13.2. The molecule has 1 fully saturated rings. The first-order valence-electron chi connectivity index (χ1n) is 11.1. The van der Waals surface area contributed by atoms with Crippen molar-refractivity contribution in [2.75, 3.05) is 32.0 Å². The van der Waals surface area contributed by atoms with Gasteiger partial charge in [0.15, 0.2) is 0 Å². The van der Waals surface area contributed by atoms with E-state index in [-0.39, 0.29) is 18.1 Å². The van der Waals surface area contributed by atoms with Crippen molar-refractivity contribution in [2.24, 2.45) is 11.8 Å². The van der Waals surface area contributed by atoms with Crippen molar-refractivity contribution in [3.05, 3.63) is 30.0 Å². The average molecular weight is 530 g/mol. The molecule has 11 nitrogen and oxygen atoms in total. The number of hydrazine groups is 1. The molecule has 13 heteroatoms. The van der Waals surface area contributed by atoms with Gasteiger partial charge in [0.1, 0.15) is 16.7 Å². The molecule has 1 aromatic carbocycles. The monoisotopic (exact) mass is 529 g/mol. The van der Waals surface area contributed by atoms with E-state index in [0.717, 1.165) is 5.92 Å². The fraction of sp³-hybridized carbons (Fsp3) is 0.500. The molecule has 0 spiro atoms. The number of aromatic nitrogens is 1. The van der Waals surface area contributed by atoms with E-state index in [1.165, 1.54) is 7.11 Å². The normalized spacial score (nSPS) is 15.5. The molecule has 0 saturated carbocycles. The molecule has 1 atom stereocenters. The number of nitrogens with one attached hydrogen (secondary N) is 4. The number of nitrogens with zero attached hydrogens (tertiary/aromatic N) is 1. The summed E-state index contributed by atoms with van der Waals surface area (Å²) in [7, 11) is -2.51. The summed E-state index contributed by atoms with van der Waals surface area (Å²) in [6.45, 7) is 6.19. The van der Waals surface area contributed by atoms with Crippen LogP contribution in [-0.2, 0) is 19.6 Å². The van der Waals surface area contributed by atoms with Gasteiger partial charge in [-0.3, -0.25) is 19.8 Å². The molecule has 2 aromatic rings. The van der Waals surface area contributed by atoms with Crippen molar-refractivity contribution in [1.82, 2.24) is 25.5 Å². The first-order chi connectivity index (χ1) is 16.5. The maximum absolute atomic E-state index is 12.4. The van der Waals surface area contributed by atoms with Gasteiger partial charge in [-0.05, 0) is 30.5 Å². The summed E-state index contributed by atoms with van der Waals surface area (Å²) in [6, 6.07) is 6.88. The summed E-state index contributed by atoms with van der Waals surface area (Å²) >= 11 is 5.50. The standard InChI is InChI=1S/C18H22ClN5O6S.C4H10/c1-30-15-4-2-3-13-12(15)7-14(22-13)18(27)21-8-16(25)23-24(31(28,29)10-19)9-11-5-6-20-17(11)26;1-4(2)3/h2-4,7,11,22H,5-6,8-10H2,1H3,(H,20,26)(H,21,27)(H,23,25);4H,1-3H3/t11-;/m0./s1. The third-order valence-electron chi connectivity index (χ3n) is 4.77. The molecular weight excluding hydrogens is 498 g/mol. The molecule has 3 amide bonds. The molecule has 1 aromatic heterocycles. The van der Waals surface area contributed by atoms with Gasteiger partial charge in [-0.25, -0.2) is 8.42 Å². The van der Waals surface area contributed by atoms with Crippen molar-refractivity contribution in [3.8, 4) is 5.75 Å². The number of amides is 3. The lowest BCUT2D eigenvalue weighted by Crippen LogP contribution is -2.52. The molecule has 0 bridgehead atoms. The zero-order valence-electron chi connectivity index (χ0n) is 20.2. The highest BCUT2D eigenvalue weighted by Gasteiger charge is 2.32. The summed E-state index contributed by atoms with van der Waals surface area (Å²) in [5, 5.41) is 4.95. The number of sulfonamides is 1. The van der Waals surface area contributed by atoms with Crippen LogP contribution < -0.4 is 20.8 Å². The molecule has 1 saturated heterocycles. The van der Waals surface area contributed by atoms with Crippen LogP contribution in [-0.4, -0.2) is 67.5 Å². The highest BCUT2D eigenvalue weighted by atomic mass is 35.5. The molecule has 35 heavy (non-hydrogen) atoms. The minimum atomic E-state index is -4.03. The molecule has 3 rings (SSSR count). The van der Waals surface area contributed by atoms with Crippen LogP contribution in [0.25, 0.3) is 10.9 Å². The summed E-state index contributed by atoms with van der Waals surface area (Å²) in [5.41, 5.74) is 3.10. The van der Waals surface area contributed by atoms with Crippen LogP contribution in [0.5, 0.6) is 5.75 Å². The Morgan fingerprint density at radius 1 is 1.29 bits per heavy atom. The van der Waals surface area contributed by atoms with Crippen molar-refractivity contribution in [2.45, 2.75) is 27.2 Å². The largest absolute Gasteiger partial charge is 0.496 e. The Kier molecular flexibility index (Phi) is 10.3. The molecule has 4 N–H and O–H groups in total. The van der Waals surface area contributed by atoms with Crippen LogP contribution in [0.4, 0.5) is 0 Å². The number of fused-ring (bicyclic) bond motifs is 1. The SMILES string of the molecule is CC(C)C.COc1cccc2[nH]c(C(=O)NCC(=O)NN(C[C@@H]3CCNC3=O)S(=O)(=O)CCl)cc12.